The minimum absolute atomic E-state index is 0.0279. The molecule has 0 fully saturated rings. The lowest BCUT2D eigenvalue weighted by Gasteiger charge is -2.22. The molecule has 7 heteroatoms. The molecule has 0 saturated heterocycles. The summed E-state index contributed by atoms with van der Waals surface area (Å²) in [4.78, 5) is 14.4. The lowest BCUT2D eigenvalue weighted by Crippen LogP contribution is -2.27. The highest BCUT2D eigenvalue weighted by atomic mass is 79.9. The van der Waals surface area contributed by atoms with Crippen LogP contribution in [0, 0.1) is 0 Å². The average Bonchev–Trinajstić information content (AvgIpc) is 2.88. The number of hydrogen-bond acceptors (Lipinski definition) is 6. The quantitative estimate of drug-likeness (QED) is 0.584. The molecule has 0 aliphatic rings. The molecule has 0 saturated carbocycles. The average molecular weight is 406 g/mol. The Labute approximate surface area is 147 Å². The standard InChI is InChI=1S/C15H20BrNO3S2/c1-3-4-17(5-7-21-8-6-19-2)13-9-12(18)15-14(20-13)11(16)10-22-15/h9-10H,3-8H2,1-2H3. The van der Waals surface area contributed by atoms with E-state index >= 15 is 0 Å². The Morgan fingerprint density at radius 1 is 1.41 bits per heavy atom. The lowest BCUT2D eigenvalue weighted by molar-refractivity contribution is 0.218. The number of anilines is 1. The zero-order valence-electron chi connectivity index (χ0n) is 12.8. The first-order chi connectivity index (χ1) is 10.7. The molecule has 0 aromatic carbocycles. The van der Waals surface area contributed by atoms with E-state index in [9.17, 15) is 4.79 Å². The molecule has 0 N–H and O–H groups in total. The summed E-state index contributed by atoms with van der Waals surface area (Å²) in [5.74, 6) is 2.62. The number of thioether (sulfide) groups is 1. The Morgan fingerprint density at radius 3 is 2.95 bits per heavy atom. The Bertz CT molecular complexity index is 656. The van der Waals surface area contributed by atoms with E-state index < -0.39 is 0 Å². The summed E-state index contributed by atoms with van der Waals surface area (Å²) in [7, 11) is 1.71. The summed E-state index contributed by atoms with van der Waals surface area (Å²) in [6, 6.07) is 1.61. The normalized spacial score (nSPS) is 11.2. The van der Waals surface area contributed by atoms with Crippen LogP contribution in [-0.4, -0.2) is 38.3 Å². The Balaban J connectivity index is 2.13. The molecule has 122 valence electrons. The van der Waals surface area contributed by atoms with Crippen LogP contribution < -0.4 is 10.3 Å². The van der Waals surface area contributed by atoms with Gasteiger partial charge in [0.15, 0.2) is 11.5 Å². The molecule has 0 aliphatic heterocycles. The van der Waals surface area contributed by atoms with Gasteiger partial charge in [-0.25, -0.2) is 0 Å². The SMILES string of the molecule is CCCN(CCSCCOC)c1cc(=O)c2scc(Br)c2o1. The maximum absolute atomic E-state index is 12.2. The predicted octanol–water partition coefficient (Wildman–Crippen LogP) is 4.21. The van der Waals surface area contributed by atoms with E-state index in [1.165, 1.54) is 11.3 Å². The van der Waals surface area contributed by atoms with E-state index in [-0.39, 0.29) is 5.43 Å². The second-order valence-corrected chi connectivity index (χ2v) is 7.74. The number of rotatable bonds is 9. The summed E-state index contributed by atoms with van der Waals surface area (Å²) in [6.45, 7) is 4.63. The molecule has 0 radical (unpaired) electrons. The van der Waals surface area contributed by atoms with Crippen molar-refractivity contribution in [3.63, 3.8) is 0 Å². The van der Waals surface area contributed by atoms with Gasteiger partial charge in [-0.1, -0.05) is 6.92 Å². The van der Waals surface area contributed by atoms with Gasteiger partial charge in [-0.2, -0.15) is 11.8 Å². The van der Waals surface area contributed by atoms with Gasteiger partial charge in [0.2, 0.25) is 5.43 Å². The number of methoxy groups -OCH3 is 1. The first-order valence-corrected chi connectivity index (χ1v) is 10.0. The van der Waals surface area contributed by atoms with Crippen molar-refractivity contribution in [3.05, 3.63) is 26.1 Å². The summed E-state index contributed by atoms with van der Waals surface area (Å²) in [6.07, 6.45) is 1.01. The summed E-state index contributed by atoms with van der Waals surface area (Å²) in [5, 5.41) is 1.89. The third-order valence-corrected chi connectivity index (χ3v) is 5.93. The fourth-order valence-corrected chi connectivity index (χ4v) is 4.37. The van der Waals surface area contributed by atoms with Crippen LogP contribution in [0.5, 0.6) is 0 Å². The van der Waals surface area contributed by atoms with E-state index in [1.807, 2.05) is 17.1 Å². The van der Waals surface area contributed by atoms with Gasteiger partial charge in [0.05, 0.1) is 11.1 Å². The lowest BCUT2D eigenvalue weighted by atomic mass is 10.3. The Hall–Kier alpha value is -0.500. The van der Waals surface area contributed by atoms with Gasteiger partial charge in [-0.3, -0.25) is 4.79 Å². The Morgan fingerprint density at radius 2 is 2.23 bits per heavy atom. The zero-order chi connectivity index (χ0) is 15.9. The molecule has 0 amide bonds. The predicted molar refractivity (Wildman–Crippen MR) is 99.8 cm³/mol. The number of fused-ring (bicyclic) bond motifs is 1. The van der Waals surface area contributed by atoms with Crippen molar-refractivity contribution in [2.75, 3.05) is 43.2 Å². The van der Waals surface area contributed by atoms with Crippen molar-refractivity contribution >= 4 is 55.2 Å². The van der Waals surface area contributed by atoms with E-state index in [2.05, 4.69) is 27.8 Å². The van der Waals surface area contributed by atoms with Crippen LogP contribution in [-0.2, 0) is 4.74 Å². The first-order valence-electron chi connectivity index (χ1n) is 7.19. The highest BCUT2D eigenvalue weighted by molar-refractivity contribution is 9.10. The molecule has 0 bridgehead atoms. The van der Waals surface area contributed by atoms with Crippen LogP contribution in [0.4, 0.5) is 5.88 Å². The van der Waals surface area contributed by atoms with E-state index in [0.717, 1.165) is 42.1 Å². The van der Waals surface area contributed by atoms with Gasteiger partial charge in [-0.05, 0) is 22.4 Å². The third-order valence-electron chi connectivity index (χ3n) is 3.13. The van der Waals surface area contributed by atoms with Gasteiger partial charge in [0.25, 0.3) is 0 Å². The molecular weight excluding hydrogens is 386 g/mol. The highest BCUT2D eigenvalue weighted by Crippen LogP contribution is 2.30. The van der Waals surface area contributed by atoms with Crippen molar-refractivity contribution in [2.45, 2.75) is 13.3 Å². The monoisotopic (exact) mass is 405 g/mol. The van der Waals surface area contributed by atoms with Crippen molar-refractivity contribution in [2.24, 2.45) is 0 Å². The zero-order valence-corrected chi connectivity index (χ0v) is 16.0. The summed E-state index contributed by atoms with van der Waals surface area (Å²) < 4.78 is 12.5. The van der Waals surface area contributed by atoms with Crippen LogP contribution in [0.2, 0.25) is 0 Å². The fourth-order valence-electron chi connectivity index (χ4n) is 2.08. The largest absolute Gasteiger partial charge is 0.438 e. The van der Waals surface area contributed by atoms with Gasteiger partial charge in [-0.15, -0.1) is 11.3 Å². The Kier molecular flexibility index (Phi) is 7.27. The van der Waals surface area contributed by atoms with Crippen LogP contribution in [0.15, 0.2) is 25.1 Å². The molecule has 2 heterocycles. The second kappa shape index (κ2) is 8.96. The van der Waals surface area contributed by atoms with Gasteiger partial charge in [0, 0.05) is 43.2 Å². The highest BCUT2D eigenvalue weighted by Gasteiger charge is 2.14. The first kappa shape index (κ1) is 17.8. The van der Waals surface area contributed by atoms with Crippen molar-refractivity contribution < 1.29 is 9.15 Å². The van der Waals surface area contributed by atoms with E-state index in [0.29, 0.717) is 16.2 Å². The molecule has 0 aliphatic carbocycles. The third kappa shape index (κ3) is 4.50. The summed E-state index contributed by atoms with van der Waals surface area (Å²) in [5.41, 5.74) is 0.681. The molecule has 4 nitrogen and oxygen atoms in total. The van der Waals surface area contributed by atoms with Gasteiger partial charge >= 0.3 is 0 Å². The van der Waals surface area contributed by atoms with Crippen LogP contribution in [0.25, 0.3) is 10.3 Å². The number of halogens is 1. The molecule has 2 aromatic heterocycles. The van der Waals surface area contributed by atoms with Crippen molar-refractivity contribution in [1.29, 1.82) is 0 Å². The maximum Gasteiger partial charge on any atom is 0.204 e. The number of hydrogen-bond donors (Lipinski definition) is 0. The minimum Gasteiger partial charge on any atom is -0.438 e. The van der Waals surface area contributed by atoms with Crippen molar-refractivity contribution in [1.82, 2.24) is 0 Å². The van der Waals surface area contributed by atoms with Crippen LogP contribution in [0.1, 0.15) is 13.3 Å². The molecule has 0 spiro atoms. The second-order valence-electron chi connectivity index (χ2n) is 4.78. The smallest absolute Gasteiger partial charge is 0.204 e. The topological polar surface area (TPSA) is 42.7 Å². The maximum atomic E-state index is 12.2. The number of thiophene rings is 1. The van der Waals surface area contributed by atoms with Gasteiger partial charge in [0.1, 0.15) is 4.70 Å². The van der Waals surface area contributed by atoms with Crippen LogP contribution >= 0.6 is 39.0 Å². The molecular formula is C15H20BrNO3S2. The summed E-state index contributed by atoms with van der Waals surface area (Å²) >= 11 is 6.70. The molecule has 0 atom stereocenters. The van der Waals surface area contributed by atoms with Crippen molar-refractivity contribution in [3.8, 4) is 0 Å². The number of nitrogens with zero attached hydrogens (tertiary/aromatic N) is 1. The molecule has 2 rings (SSSR count). The van der Waals surface area contributed by atoms with E-state index in [1.54, 1.807) is 13.2 Å². The molecule has 22 heavy (non-hydrogen) atoms. The minimum atomic E-state index is 0.0279. The van der Waals surface area contributed by atoms with Crippen LogP contribution in [0.3, 0.4) is 0 Å². The molecule has 0 unspecified atom stereocenters. The van der Waals surface area contributed by atoms with E-state index in [4.69, 9.17) is 9.15 Å². The number of ether oxygens (including phenoxy) is 1. The van der Waals surface area contributed by atoms with Gasteiger partial charge < -0.3 is 14.1 Å². The fraction of sp³-hybridized carbons (Fsp3) is 0.533. The molecule has 2 aromatic rings.